The van der Waals surface area contributed by atoms with Gasteiger partial charge in [-0.2, -0.15) is 0 Å². The van der Waals surface area contributed by atoms with Gasteiger partial charge in [0, 0.05) is 5.56 Å². The zero-order valence-corrected chi connectivity index (χ0v) is 10.9. The minimum Gasteiger partial charge on any atom is -0.497 e. The Hall–Kier alpha value is -1.65. The second kappa shape index (κ2) is 5.33. The van der Waals surface area contributed by atoms with E-state index in [-0.39, 0.29) is 21.8 Å². The van der Waals surface area contributed by atoms with Crippen molar-refractivity contribution in [3.05, 3.63) is 52.0 Å². The molecule has 2 rings (SSSR count). The van der Waals surface area contributed by atoms with Crippen molar-refractivity contribution in [3.63, 3.8) is 0 Å². The number of ether oxygens (including phenoxy) is 1. The van der Waals surface area contributed by atoms with E-state index in [2.05, 4.69) is 9.97 Å². The van der Waals surface area contributed by atoms with Gasteiger partial charge in [0.2, 0.25) is 5.78 Å². The second-order valence-corrected chi connectivity index (χ2v) is 4.11. The molecule has 0 aliphatic heterocycles. The molecule has 0 atom stereocenters. The Labute approximate surface area is 114 Å². The Kier molecular flexibility index (Phi) is 3.79. The van der Waals surface area contributed by atoms with E-state index in [0.717, 1.165) is 0 Å². The van der Waals surface area contributed by atoms with E-state index in [1.54, 1.807) is 31.4 Å². The molecule has 1 heterocycles. The minimum atomic E-state index is -0.274. The number of nitrogens with zero attached hydrogens (tertiary/aromatic N) is 2. The van der Waals surface area contributed by atoms with E-state index in [1.807, 2.05) is 0 Å². The maximum atomic E-state index is 12.1. The second-order valence-electron chi connectivity index (χ2n) is 3.39. The standard InChI is InChI=1S/C12H8Cl2N2O2/c1-18-8-4-2-7(3-5-8)10(17)9-6-15-11(13)12(14)16-9/h2-6H,1H3. The van der Waals surface area contributed by atoms with Crippen molar-refractivity contribution in [2.45, 2.75) is 0 Å². The van der Waals surface area contributed by atoms with Crippen molar-refractivity contribution in [2.24, 2.45) is 0 Å². The number of rotatable bonds is 3. The van der Waals surface area contributed by atoms with Gasteiger partial charge >= 0.3 is 0 Å². The van der Waals surface area contributed by atoms with Gasteiger partial charge in [-0.1, -0.05) is 23.2 Å². The number of halogens is 2. The van der Waals surface area contributed by atoms with Gasteiger partial charge < -0.3 is 4.74 Å². The highest BCUT2D eigenvalue weighted by Crippen LogP contribution is 2.18. The number of carbonyl (C=O) groups excluding carboxylic acids is 1. The lowest BCUT2D eigenvalue weighted by Gasteiger charge is -2.03. The van der Waals surface area contributed by atoms with Crippen LogP contribution in [0, 0.1) is 0 Å². The van der Waals surface area contributed by atoms with E-state index in [9.17, 15) is 4.79 Å². The number of carbonyl (C=O) groups is 1. The fourth-order valence-corrected chi connectivity index (χ4v) is 1.58. The Bertz CT molecular complexity index is 585. The van der Waals surface area contributed by atoms with Gasteiger partial charge in [-0.05, 0) is 24.3 Å². The average Bonchev–Trinajstić information content (AvgIpc) is 2.41. The topological polar surface area (TPSA) is 52.1 Å². The molecular weight excluding hydrogens is 275 g/mol. The largest absolute Gasteiger partial charge is 0.497 e. The lowest BCUT2D eigenvalue weighted by molar-refractivity contribution is 0.103. The molecule has 1 aromatic heterocycles. The molecule has 1 aromatic carbocycles. The number of hydrogen-bond acceptors (Lipinski definition) is 4. The molecular formula is C12H8Cl2N2O2. The molecule has 6 heteroatoms. The Morgan fingerprint density at radius 2 is 1.83 bits per heavy atom. The van der Waals surface area contributed by atoms with Crippen molar-refractivity contribution < 1.29 is 9.53 Å². The van der Waals surface area contributed by atoms with Crippen LogP contribution in [0.25, 0.3) is 0 Å². The summed E-state index contributed by atoms with van der Waals surface area (Å²) >= 11 is 11.4. The summed E-state index contributed by atoms with van der Waals surface area (Å²) in [5.74, 6) is 0.399. The molecule has 0 radical (unpaired) electrons. The van der Waals surface area contributed by atoms with Crippen LogP contribution < -0.4 is 4.74 Å². The van der Waals surface area contributed by atoms with Crippen LogP contribution >= 0.6 is 23.2 Å². The van der Waals surface area contributed by atoms with Crippen LogP contribution in [-0.2, 0) is 0 Å². The number of hydrogen-bond donors (Lipinski definition) is 0. The number of benzene rings is 1. The smallest absolute Gasteiger partial charge is 0.212 e. The molecule has 0 spiro atoms. The summed E-state index contributed by atoms with van der Waals surface area (Å²) in [6.07, 6.45) is 1.29. The summed E-state index contributed by atoms with van der Waals surface area (Å²) in [4.78, 5) is 19.7. The summed E-state index contributed by atoms with van der Waals surface area (Å²) in [7, 11) is 1.56. The molecule has 0 aliphatic rings. The molecule has 0 amide bonds. The lowest BCUT2D eigenvalue weighted by atomic mass is 10.1. The first kappa shape index (κ1) is 12.8. The first-order chi connectivity index (χ1) is 8.61. The van der Waals surface area contributed by atoms with Crippen LogP contribution in [0.15, 0.2) is 30.5 Å². The van der Waals surface area contributed by atoms with Gasteiger partial charge in [-0.3, -0.25) is 4.79 Å². The Morgan fingerprint density at radius 1 is 1.17 bits per heavy atom. The van der Waals surface area contributed by atoms with E-state index in [0.29, 0.717) is 11.3 Å². The van der Waals surface area contributed by atoms with E-state index < -0.39 is 0 Å². The van der Waals surface area contributed by atoms with Crippen LogP contribution in [-0.4, -0.2) is 22.9 Å². The lowest BCUT2D eigenvalue weighted by Crippen LogP contribution is -2.05. The third-order valence-corrected chi connectivity index (χ3v) is 2.91. The number of ketones is 1. The van der Waals surface area contributed by atoms with Crippen LogP contribution in [0.4, 0.5) is 0 Å². The van der Waals surface area contributed by atoms with Gasteiger partial charge in [0.1, 0.15) is 11.4 Å². The first-order valence-electron chi connectivity index (χ1n) is 4.98. The van der Waals surface area contributed by atoms with Crippen LogP contribution in [0.2, 0.25) is 10.3 Å². The van der Waals surface area contributed by atoms with Crippen LogP contribution in [0.1, 0.15) is 16.1 Å². The van der Waals surface area contributed by atoms with Crippen molar-refractivity contribution >= 4 is 29.0 Å². The Morgan fingerprint density at radius 3 is 2.39 bits per heavy atom. The van der Waals surface area contributed by atoms with Crippen molar-refractivity contribution in [3.8, 4) is 5.75 Å². The highest BCUT2D eigenvalue weighted by atomic mass is 35.5. The third kappa shape index (κ3) is 2.60. The van der Waals surface area contributed by atoms with Gasteiger partial charge in [0.05, 0.1) is 13.3 Å². The van der Waals surface area contributed by atoms with Crippen molar-refractivity contribution in [1.29, 1.82) is 0 Å². The molecule has 0 bridgehead atoms. The number of methoxy groups -OCH3 is 1. The fraction of sp³-hybridized carbons (Fsp3) is 0.0833. The SMILES string of the molecule is COc1ccc(C(=O)c2cnc(Cl)c(Cl)n2)cc1. The first-order valence-corrected chi connectivity index (χ1v) is 5.74. The van der Waals surface area contributed by atoms with Crippen LogP contribution in [0.5, 0.6) is 5.75 Å². The van der Waals surface area contributed by atoms with E-state index >= 15 is 0 Å². The summed E-state index contributed by atoms with van der Waals surface area (Å²) in [5.41, 5.74) is 0.623. The molecule has 92 valence electrons. The highest BCUT2D eigenvalue weighted by Gasteiger charge is 2.13. The zero-order chi connectivity index (χ0) is 13.1. The molecule has 0 fully saturated rings. The van der Waals surface area contributed by atoms with Crippen molar-refractivity contribution in [2.75, 3.05) is 7.11 Å². The third-order valence-electron chi connectivity index (χ3n) is 2.27. The predicted molar refractivity (Wildman–Crippen MR) is 68.5 cm³/mol. The molecule has 0 aliphatic carbocycles. The average molecular weight is 283 g/mol. The van der Waals surface area contributed by atoms with Crippen molar-refractivity contribution in [1.82, 2.24) is 9.97 Å². The van der Waals surface area contributed by atoms with E-state index in [4.69, 9.17) is 27.9 Å². The normalized spacial score (nSPS) is 10.2. The summed E-state index contributed by atoms with van der Waals surface area (Å²) in [5, 5.41) is 0.0824. The molecule has 4 nitrogen and oxygen atoms in total. The van der Waals surface area contributed by atoms with Crippen LogP contribution in [0.3, 0.4) is 0 Å². The quantitative estimate of drug-likeness (QED) is 0.812. The maximum Gasteiger partial charge on any atom is 0.212 e. The summed E-state index contributed by atoms with van der Waals surface area (Å²) in [6.45, 7) is 0. The molecule has 0 N–H and O–H groups in total. The molecule has 18 heavy (non-hydrogen) atoms. The number of aromatic nitrogens is 2. The summed E-state index contributed by atoms with van der Waals surface area (Å²) in [6, 6.07) is 6.67. The predicted octanol–water partition coefficient (Wildman–Crippen LogP) is 3.02. The van der Waals surface area contributed by atoms with Gasteiger partial charge in [-0.25, -0.2) is 9.97 Å². The molecule has 2 aromatic rings. The maximum absolute atomic E-state index is 12.1. The fourth-order valence-electron chi connectivity index (χ4n) is 1.35. The van der Waals surface area contributed by atoms with E-state index in [1.165, 1.54) is 6.20 Å². The van der Waals surface area contributed by atoms with Gasteiger partial charge in [-0.15, -0.1) is 0 Å². The molecule has 0 saturated heterocycles. The monoisotopic (exact) mass is 282 g/mol. The molecule has 0 saturated carbocycles. The highest BCUT2D eigenvalue weighted by molar-refractivity contribution is 6.40. The minimum absolute atomic E-state index is 0.0102. The van der Waals surface area contributed by atoms with Gasteiger partial charge in [0.15, 0.2) is 10.3 Å². The Balaban J connectivity index is 2.32. The summed E-state index contributed by atoms with van der Waals surface area (Å²) < 4.78 is 5.01. The zero-order valence-electron chi connectivity index (χ0n) is 9.35. The molecule has 0 unspecified atom stereocenters. The van der Waals surface area contributed by atoms with Gasteiger partial charge in [0.25, 0.3) is 0 Å².